The molecule has 0 spiro atoms. The highest BCUT2D eigenvalue weighted by atomic mass is 32.2. The number of nitrogen functional groups attached to an aromatic ring is 1. The van der Waals surface area contributed by atoms with Crippen molar-refractivity contribution in [3.63, 3.8) is 0 Å². The minimum atomic E-state index is -4.26. The second-order valence-corrected chi connectivity index (χ2v) is 12.4. The standard InChI is InChI=1S/C30H35N5O8S/c1-6-42-24-14-13-21(25(35-24)28(38)33-19-10-7-17(8-11-19)26(31)32)20-12-9-18(15-22(20)29(39)43-44(5,40)41)27(37)34-23(16-36)30(2,3)4/h7-15,23,36H,6,16H2,1-5H3,(H3,31,32)(H,33,38)(H,34,37)/t23-/m1/s1. The van der Waals surface area contributed by atoms with Crippen molar-refractivity contribution < 1.29 is 36.8 Å². The van der Waals surface area contributed by atoms with Crippen LogP contribution in [0.5, 0.6) is 5.88 Å². The molecule has 3 aromatic rings. The van der Waals surface area contributed by atoms with Gasteiger partial charge >= 0.3 is 16.1 Å². The number of aliphatic hydroxyl groups excluding tert-OH is 1. The van der Waals surface area contributed by atoms with Crippen LogP contribution in [0.15, 0.2) is 54.6 Å². The first-order valence-electron chi connectivity index (χ1n) is 13.4. The molecule has 6 N–H and O–H groups in total. The maximum atomic E-state index is 13.5. The summed E-state index contributed by atoms with van der Waals surface area (Å²) in [4.78, 5) is 44.1. The van der Waals surface area contributed by atoms with Crippen molar-refractivity contribution in [2.45, 2.75) is 33.7 Å². The van der Waals surface area contributed by atoms with Gasteiger partial charge in [0.2, 0.25) is 5.88 Å². The summed E-state index contributed by atoms with van der Waals surface area (Å²) in [5.41, 5.74) is 5.45. The van der Waals surface area contributed by atoms with Gasteiger partial charge in [-0.15, -0.1) is 0 Å². The lowest BCUT2D eigenvalue weighted by atomic mass is 9.87. The van der Waals surface area contributed by atoms with Crippen LogP contribution in [-0.4, -0.2) is 67.6 Å². The molecule has 1 atom stereocenters. The smallest absolute Gasteiger partial charge is 0.354 e. The average molecular weight is 626 g/mol. The number of amides is 2. The molecule has 2 amide bonds. The number of aliphatic hydroxyl groups is 1. The van der Waals surface area contributed by atoms with Crippen molar-refractivity contribution in [2.24, 2.45) is 11.1 Å². The third-order valence-corrected chi connectivity index (χ3v) is 6.84. The Balaban J connectivity index is 2.15. The number of rotatable bonds is 11. The first-order valence-corrected chi connectivity index (χ1v) is 15.2. The zero-order valence-corrected chi connectivity index (χ0v) is 25.7. The van der Waals surface area contributed by atoms with Gasteiger partial charge in [0.1, 0.15) is 11.5 Å². The lowest BCUT2D eigenvalue weighted by Crippen LogP contribution is -2.46. The van der Waals surface area contributed by atoms with E-state index < -0.39 is 39.4 Å². The molecule has 3 rings (SSSR count). The largest absolute Gasteiger partial charge is 0.478 e. The first kappa shape index (κ1) is 33.7. The summed E-state index contributed by atoms with van der Waals surface area (Å²) in [7, 11) is -4.26. The second-order valence-electron chi connectivity index (χ2n) is 10.8. The zero-order chi connectivity index (χ0) is 32.8. The lowest BCUT2D eigenvalue weighted by molar-refractivity contribution is 0.0748. The van der Waals surface area contributed by atoms with E-state index in [0.717, 1.165) is 6.07 Å². The molecule has 14 heteroatoms. The molecule has 0 bridgehead atoms. The van der Waals surface area contributed by atoms with Crippen molar-refractivity contribution in [1.82, 2.24) is 10.3 Å². The number of nitrogens with one attached hydrogen (secondary N) is 3. The quantitative estimate of drug-likeness (QED) is 0.119. The van der Waals surface area contributed by atoms with Crippen molar-refractivity contribution >= 4 is 39.4 Å². The van der Waals surface area contributed by atoms with Crippen molar-refractivity contribution in [2.75, 3.05) is 24.8 Å². The fourth-order valence-electron chi connectivity index (χ4n) is 4.03. The van der Waals surface area contributed by atoms with E-state index in [0.29, 0.717) is 17.5 Å². The van der Waals surface area contributed by atoms with Crippen LogP contribution in [0.4, 0.5) is 5.69 Å². The van der Waals surface area contributed by atoms with Gasteiger partial charge in [0.25, 0.3) is 11.8 Å². The molecule has 0 radical (unpaired) electrons. The normalized spacial score (nSPS) is 12.1. The molecule has 0 aliphatic carbocycles. The minimum Gasteiger partial charge on any atom is -0.478 e. The van der Waals surface area contributed by atoms with Gasteiger partial charge < -0.3 is 30.4 Å². The summed E-state index contributed by atoms with van der Waals surface area (Å²) < 4.78 is 33.9. The van der Waals surface area contributed by atoms with E-state index in [1.54, 1.807) is 31.2 Å². The molecule has 1 aromatic heterocycles. The number of anilines is 1. The van der Waals surface area contributed by atoms with Crippen LogP contribution in [0.1, 0.15) is 64.5 Å². The monoisotopic (exact) mass is 625 g/mol. The number of carbonyl (C=O) groups is 3. The molecule has 44 heavy (non-hydrogen) atoms. The number of aromatic nitrogens is 1. The number of nitrogens with zero attached hydrogens (tertiary/aromatic N) is 1. The van der Waals surface area contributed by atoms with Crippen LogP contribution in [-0.2, 0) is 14.3 Å². The summed E-state index contributed by atoms with van der Waals surface area (Å²) in [5, 5.41) is 22.7. The molecular weight excluding hydrogens is 590 g/mol. The Morgan fingerprint density at radius 3 is 2.16 bits per heavy atom. The predicted octanol–water partition coefficient (Wildman–Crippen LogP) is 2.94. The molecule has 0 fully saturated rings. The van der Waals surface area contributed by atoms with Crippen molar-refractivity contribution in [3.05, 3.63) is 77.0 Å². The first-order chi connectivity index (χ1) is 20.5. The predicted molar refractivity (Wildman–Crippen MR) is 164 cm³/mol. The van der Waals surface area contributed by atoms with E-state index in [9.17, 15) is 27.9 Å². The van der Waals surface area contributed by atoms with Crippen LogP contribution < -0.4 is 21.1 Å². The van der Waals surface area contributed by atoms with Crippen LogP contribution in [0, 0.1) is 10.8 Å². The van der Waals surface area contributed by atoms with Gasteiger partial charge in [-0.3, -0.25) is 15.0 Å². The fraction of sp³-hybridized carbons (Fsp3) is 0.300. The number of pyridine rings is 1. The third-order valence-electron chi connectivity index (χ3n) is 6.38. The Morgan fingerprint density at radius 2 is 1.61 bits per heavy atom. The van der Waals surface area contributed by atoms with Gasteiger partial charge in [-0.05, 0) is 60.4 Å². The van der Waals surface area contributed by atoms with Gasteiger partial charge in [-0.1, -0.05) is 26.8 Å². The Bertz CT molecular complexity index is 1680. The molecule has 0 unspecified atom stereocenters. The van der Waals surface area contributed by atoms with E-state index in [1.165, 1.54) is 24.3 Å². The molecule has 0 saturated carbocycles. The molecule has 1 heterocycles. The van der Waals surface area contributed by atoms with Gasteiger partial charge in [0, 0.05) is 28.4 Å². The van der Waals surface area contributed by atoms with Crippen LogP contribution in [0.2, 0.25) is 0 Å². The lowest BCUT2D eigenvalue weighted by Gasteiger charge is -2.29. The summed E-state index contributed by atoms with van der Waals surface area (Å²) in [6.45, 7) is 7.12. The summed E-state index contributed by atoms with van der Waals surface area (Å²) >= 11 is 0. The average Bonchev–Trinajstić information content (AvgIpc) is 2.94. The van der Waals surface area contributed by atoms with Crippen molar-refractivity contribution in [1.29, 1.82) is 5.41 Å². The Hall–Kier alpha value is -4.82. The Labute approximate surface area is 255 Å². The number of nitrogens with two attached hydrogens (primary N) is 1. The van der Waals surface area contributed by atoms with Crippen LogP contribution >= 0.6 is 0 Å². The van der Waals surface area contributed by atoms with Crippen molar-refractivity contribution in [3.8, 4) is 17.0 Å². The highest BCUT2D eigenvalue weighted by Gasteiger charge is 2.28. The topological polar surface area (TPSA) is 211 Å². The molecule has 2 aromatic carbocycles. The van der Waals surface area contributed by atoms with Gasteiger partial charge in [-0.25, -0.2) is 9.78 Å². The van der Waals surface area contributed by atoms with Crippen LogP contribution in [0.3, 0.4) is 0 Å². The third kappa shape index (κ3) is 8.61. The van der Waals surface area contributed by atoms with E-state index in [4.69, 9.17) is 15.9 Å². The minimum absolute atomic E-state index is 0.0210. The second kappa shape index (κ2) is 13.7. The highest BCUT2D eigenvalue weighted by Crippen LogP contribution is 2.31. The maximum Gasteiger partial charge on any atom is 0.354 e. The summed E-state index contributed by atoms with van der Waals surface area (Å²) in [6.07, 6.45) is 0.699. The molecule has 0 aliphatic heterocycles. The number of ether oxygens (including phenoxy) is 1. The Kier molecular flexibility index (Phi) is 10.4. The highest BCUT2D eigenvalue weighted by molar-refractivity contribution is 7.86. The number of benzene rings is 2. The van der Waals surface area contributed by atoms with E-state index in [-0.39, 0.29) is 52.9 Å². The molecule has 13 nitrogen and oxygen atoms in total. The molecule has 0 aliphatic rings. The van der Waals surface area contributed by atoms with Gasteiger partial charge in [0.05, 0.1) is 31.1 Å². The summed E-state index contributed by atoms with van der Waals surface area (Å²) in [5.74, 6) is -2.64. The maximum absolute atomic E-state index is 13.5. The molecule has 234 valence electrons. The number of hydrogen-bond acceptors (Lipinski definition) is 10. The summed E-state index contributed by atoms with van der Waals surface area (Å²) in [6, 6.07) is 12.4. The van der Waals surface area contributed by atoms with E-state index in [1.807, 2.05) is 20.8 Å². The number of carbonyl (C=O) groups excluding carboxylic acids is 3. The van der Waals surface area contributed by atoms with Crippen LogP contribution in [0.25, 0.3) is 11.1 Å². The SMILES string of the molecule is CCOc1ccc(-c2ccc(C(=O)N[C@H](CO)C(C)(C)C)cc2C(=O)OS(C)(=O)=O)c(C(=O)Nc2ccc(C(=N)N)cc2)n1. The fourth-order valence-corrected chi connectivity index (χ4v) is 4.40. The number of amidine groups is 1. The molecule has 0 saturated heterocycles. The van der Waals surface area contributed by atoms with E-state index in [2.05, 4.69) is 19.8 Å². The zero-order valence-electron chi connectivity index (χ0n) is 24.9. The Morgan fingerprint density at radius 1 is 1.00 bits per heavy atom. The molecular formula is C30H35N5O8S. The van der Waals surface area contributed by atoms with E-state index >= 15 is 0 Å². The van der Waals surface area contributed by atoms with Gasteiger partial charge in [0.15, 0.2) is 0 Å². The van der Waals surface area contributed by atoms with Gasteiger partial charge in [-0.2, -0.15) is 8.42 Å². The number of hydrogen-bond donors (Lipinski definition) is 5.